The van der Waals surface area contributed by atoms with Crippen molar-refractivity contribution in [3.8, 4) is 0 Å². The lowest BCUT2D eigenvalue weighted by atomic mass is 9.91. The fraction of sp³-hybridized carbons (Fsp3) is 0.143. The fourth-order valence-electron chi connectivity index (χ4n) is 2.08. The van der Waals surface area contributed by atoms with Crippen molar-refractivity contribution >= 4 is 22.6 Å². The summed E-state index contributed by atoms with van der Waals surface area (Å²) in [5.41, 5.74) is 0.858. The lowest BCUT2D eigenvalue weighted by Gasteiger charge is -2.12. The average Bonchev–Trinajstić information content (AvgIpc) is 3.04. The van der Waals surface area contributed by atoms with E-state index in [1.807, 2.05) is 54.6 Å². The van der Waals surface area contributed by atoms with Crippen molar-refractivity contribution in [2.24, 2.45) is 0 Å². The van der Waals surface area contributed by atoms with Crippen LogP contribution in [-0.4, -0.2) is 6.36 Å². The van der Waals surface area contributed by atoms with E-state index >= 15 is 0 Å². The highest BCUT2D eigenvalue weighted by atomic mass is 127. The summed E-state index contributed by atoms with van der Waals surface area (Å²) in [4.78, 5) is 0. The van der Waals surface area contributed by atoms with Gasteiger partial charge in [-0.1, -0.05) is 42.5 Å². The van der Waals surface area contributed by atoms with E-state index in [0.717, 1.165) is 14.7 Å². The fourth-order valence-corrected chi connectivity index (χ4v) is 2.44. The summed E-state index contributed by atoms with van der Waals surface area (Å²) in [6, 6.07) is 17.3. The van der Waals surface area contributed by atoms with Crippen LogP contribution in [0.1, 0.15) is 11.1 Å². The molecule has 0 saturated carbocycles. The van der Waals surface area contributed by atoms with Gasteiger partial charge in [0.25, 0.3) is 0 Å². The molecule has 0 bridgehead atoms. The van der Waals surface area contributed by atoms with Crippen LogP contribution in [0.15, 0.2) is 54.6 Å². The van der Waals surface area contributed by atoms with E-state index in [0.29, 0.717) is 0 Å². The van der Waals surface area contributed by atoms with Gasteiger partial charge in [0, 0.05) is 3.57 Å². The Morgan fingerprint density at radius 3 is 2.00 bits per heavy atom. The first kappa shape index (κ1) is 11.2. The smallest absolute Gasteiger partial charge is 0.238 e. The molecule has 0 radical (unpaired) electrons. The third kappa shape index (κ3) is 1.77. The maximum atomic E-state index is 13.7. The van der Waals surface area contributed by atoms with Crippen LogP contribution in [0.4, 0.5) is 4.39 Å². The summed E-state index contributed by atoms with van der Waals surface area (Å²) in [5, 5.41) is 0. The molecular weight excluding hydrogens is 330 g/mol. The van der Waals surface area contributed by atoms with Gasteiger partial charge in [-0.3, -0.25) is 0 Å². The van der Waals surface area contributed by atoms with Crippen LogP contribution in [0.5, 0.6) is 0 Å². The van der Waals surface area contributed by atoms with Crippen molar-refractivity contribution in [3.63, 3.8) is 0 Å². The minimum atomic E-state index is -1.25. The molecule has 3 rings (SSSR count). The van der Waals surface area contributed by atoms with Crippen molar-refractivity contribution < 1.29 is 9.13 Å². The Bertz CT molecular complexity index is 526. The zero-order valence-corrected chi connectivity index (χ0v) is 11.1. The Morgan fingerprint density at radius 1 is 0.941 bits per heavy atom. The second-order valence-corrected chi connectivity index (χ2v) is 5.29. The molecule has 1 saturated heterocycles. The predicted octanol–water partition coefficient (Wildman–Crippen LogP) is 3.86. The van der Waals surface area contributed by atoms with Crippen molar-refractivity contribution in [1.29, 1.82) is 0 Å². The molecule has 1 aliphatic heterocycles. The molecule has 1 aliphatic rings. The Morgan fingerprint density at radius 2 is 1.47 bits per heavy atom. The van der Waals surface area contributed by atoms with E-state index in [4.69, 9.17) is 4.74 Å². The third-order valence-electron chi connectivity index (χ3n) is 3.03. The van der Waals surface area contributed by atoms with E-state index in [-0.39, 0.29) is 0 Å². The largest absolute Gasteiger partial charge is 0.323 e. The summed E-state index contributed by atoms with van der Waals surface area (Å²) in [7, 11) is 0. The quantitative estimate of drug-likeness (QED) is 0.597. The standard InChI is InChI=1S/C14H10FIO/c15-13-14(17-13,10-4-2-1-3-5-10)11-6-8-12(16)9-7-11/h1-9,13H. The van der Waals surface area contributed by atoms with E-state index in [1.54, 1.807) is 0 Å². The molecule has 1 nitrogen and oxygen atoms in total. The first-order valence-electron chi connectivity index (χ1n) is 5.37. The van der Waals surface area contributed by atoms with Crippen LogP contribution < -0.4 is 0 Å². The van der Waals surface area contributed by atoms with E-state index in [2.05, 4.69) is 22.6 Å². The Balaban J connectivity index is 2.07. The molecule has 1 fully saturated rings. The number of ether oxygens (including phenoxy) is 1. The predicted molar refractivity (Wildman–Crippen MR) is 72.4 cm³/mol. The highest BCUT2D eigenvalue weighted by Gasteiger charge is 2.60. The SMILES string of the molecule is FC1OC1(c1ccccc1)c1ccc(I)cc1. The number of benzene rings is 2. The first-order chi connectivity index (χ1) is 8.23. The molecule has 0 aliphatic carbocycles. The molecule has 86 valence electrons. The molecule has 0 spiro atoms. The van der Waals surface area contributed by atoms with Crippen molar-refractivity contribution in [3.05, 3.63) is 69.3 Å². The van der Waals surface area contributed by atoms with Gasteiger partial charge >= 0.3 is 0 Å². The second-order valence-electron chi connectivity index (χ2n) is 4.04. The molecule has 2 unspecified atom stereocenters. The number of rotatable bonds is 2. The van der Waals surface area contributed by atoms with Crippen LogP contribution in [0, 0.1) is 3.57 Å². The number of hydrogen-bond acceptors (Lipinski definition) is 1. The highest BCUT2D eigenvalue weighted by Crippen LogP contribution is 2.52. The molecule has 0 amide bonds. The van der Waals surface area contributed by atoms with Crippen LogP contribution in [-0.2, 0) is 10.3 Å². The molecule has 2 aromatic carbocycles. The van der Waals surface area contributed by atoms with Gasteiger partial charge in [-0.05, 0) is 45.9 Å². The minimum absolute atomic E-state index is 0.869. The molecule has 17 heavy (non-hydrogen) atoms. The van der Waals surface area contributed by atoms with Gasteiger partial charge < -0.3 is 4.74 Å². The van der Waals surface area contributed by atoms with Crippen LogP contribution in [0.2, 0.25) is 0 Å². The average molecular weight is 340 g/mol. The summed E-state index contributed by atoms with van der Waals surface area (Å²) in [6.07, 6.45) is -1.25. The minimum Gasteiger partial charge on any atom is -0.323 e. The monoisotopic (exact) mass is 340 g/mol. The zero-order valence-electron chi connectivity index (χ0n) is 8.94. The Kier molecular flexibility index (Phi) is 2.67. The van der Waals surface area contributed by atoms with Crippen molar-refractivity contribution in [2.75, 3.05) is 0 Å². The van der Waals surface area contributed by atoms with Gasteiger partial charge in [-0.15, -0.1) is 0 Å². The molecule has 2 atom stereocenters. The van der Waals surface area contributed by atoms with Gasteiger partial charge in [0.2, 0.25) is 6.36 Å². The van der Waals surface area contributed by atoms with E-state index in [9.17, 15) is 4.39 Å². The number of epoxide rings is 1. The van der Waals surface area contributed by atoms with Gasteiger partial charge in [0.15, 0.2) is 5.60 Å². The maximum Gasteiger partial charge on any atom is 0.238 e. The van der Waals surface area contributed by atoms with Gasteiger partial charge in [0.1, 0.15) is 0 Å². The molecule has 0 aromatic heterocycles. The third-order valence-corrected chi connectivity index (χ3v) is 3.75. The maximum absolute atomic E-state index is 13.7. The second kappa shape index (κ2) is 4.07. The zero-order chi connectivity index (χ0) is 11.9. The number of alkyl halides is 1. The normalized spacial score (nSPS) is 26.8. The molecular formula is C14H10FIO. The van der Waals surface area contributed by atoms with Crippen LogP contribution in [0.25, 0.3) is 0 Å². The summed E-state index contributed by atoms with van der Waals surface area (Å²) in [5.74, 6) is 0. The number of hydrogen-bond donors (Lipinski definition) is 0. The lowest BCUT2D eigenvalue weighted by Crippen LogP contribution is -2.13. The van der Waals surface area contributed by atoms with Crippen LogP contribution in [0.3, 0.4) is 0 Å². The Labute approximate surface area is 113 Å². The molecule has 3 heteroatoms. The van der Waals surface area contributed by atoms with Crippen molar-refractivity contribution in [1.82, 2.24) is 0 Å². The van der Waals surface area contributed by atoms with E-state index in [1.165, 1.54) is 0 Å². The summed E-state index contributed by atoms with van der Waals surface area (Å²) < 4.78 is 20.1. The topological polar surface area (TPSA) is 12.5 Å². The van der Waals surface area contributed by atoms with Gasteiger partial charge in [-0.2, -0.15) is 0 Å². The molecule has 1 heterocycles. The first-order valence-corrected chi connectivity index (χ1v) is 6.45. The van der Waals surface area contributed by atoms with E-state index < -0.39 is 12.0 Å². The van der Waals surface area contributed by atoms with Crippen molar-refractivity contribution in [2.45, 2.75) is 12.0 Å². The Hall–Kier alpha value is -0.940. The van der Waals surface area contributed by atoms with Gasteiger partial charge in [0.05, 0.1) is 0 Å². The number of halogens is 2. The molecule has 0 N–H and O–H groups in total. The molecule has 2 aromatic rings. The highest BCUT2D eigenvalue weighted by molar-refractivity contribution is 14.1. The summed E-state index contributed by atoms with van der Waals surface area (Å²) >= 11 is 2.23. The van der Waals surface area contributed by atoms with Crippen LogP contribution >= 0.6 is 22.6 Å². The van der Waals surface area contributed by atoms with Gasteiger partial charge in [-0.25, -0.2) is 4.39 Å². The lowest BCUT2D eigenvalue weighted by molar-refractivity contribution is 0.255. The summed E-state index contributed by atoms with van der Waals surface area (Å²) in [6.45, 7) is 0.